The first-order valence-corrected chi connectivity index (χ1v) is 7.46. The molecule has 0 amide bonds. The van der Waals surface area contributed by atoms with Gasteiger partial charge in [-0.3, -0.25) is 0 Å². The zero-order valence-corrected chi connectivity index (χ0v) is 11.5. The quantitative estimate of drug-likeness (QED) is 0.390. The number of hydrogen-bond acceptors (Lipinski definition) is 6. The standard InChI is InChI=1S/C12H30N6/c1-2-4-6-8-10-12-14-16-18-17-15-13-11-9-7-5-3-1/h13-18H,1-12H2. The van der Waals surface area contributed by atoms with Gasteiger partial charge >= 0.3 is 0 Å². The van der Waals surface area contributed by atoms with Gasteiger partial charge < -0.3 is 0 Å². The molecule has 0 atom stereocenters. The Labute approximate surface area is 111 Å². The second-order valence-corrected chi connectivity index (χ2v) is 4.89. The van der Waals surface area contributed by atoms with Crippen molar-refractivity contribution in [2.45, 2.75) is 64.2 Å². The van der Waals surface area contributed by atoms with Crippen LogP contribution >= 0.6 is 0 Å². The molecule has 6 heteroatoms. The highest BCUT2D eigenvalue weighted by molar-refractivity contribution is 4.50. The molecule has 1 fully saturated rings. The highest BCUT2D eigenvalue weighted by atomic mass is 15.8. The molecular formula is C12H30N6. The third kappa shape index (κ3) is 10.9. The molecule has 0 saturated carbocycles. The van der Waals surface area contributed by atoms with Gasteiger partial charge in [0, 0.05) is 13.1 Å². The van der Waals surface area contributed by atoms with Crippen molar-refractivity contribution in [3.05, 3.63) is 0 Å². The van der Waals surface area contributed by atoms with Crippen molar-refractivity contribution < 1.29 is 0 Å². The molecule has 0 aliphatic carbocycles. The van der Waals surface area contributed by atoms with Gasteiger partial charge in [0.1, 0.15) is 0 Å². The summed E-state index contributed by atoms with van der Waals surface area (Å²) < 4.78 is 0. The Morgan fingerprint density at radius 3 is 1.06 bits per heavy atom. The average Bonchev–Trinajstić information content (AvgIpc) is 2.39. The van der Waals surface area contributed by atoms with Crippen molar-refractivity contribution in [1.29, 1.82) is 0 Å². The van der Waals surface area contributed by atoms with Crippen LogP contribution in [0.2, 0.25) is 0 Å². The van der Waals surface area contributed by atoms with Crippen LogP contribution in [0.1, 0.15) is 64.2 Å². The maximum Gasteiger partial charge on any atom is 0.0113 e. The first kappa shape index (κ1) is 15.8. The average molecular weight is 258 g/mol. The summed E-state index contributed by atoms with van der Waals surface area (Å²) in [5.74, 6) is 0. The third-order valence-electron chi connectivity index (χ3n) is 3.22. The molecule has 1 saturated heterocycles. The monoisotopic (exact) mass is 258 g/mol. The Kier molecular flexibility index (Phi) is 11.6. The lowest BCUT2D eigenvalue weighted by atomic mass is 10.1. The SMILES string of the molecule is C1CCCCCCNNNNNNCCCCC1. The first-order chi connectivity index (χ1) is 9.00. The van der Waals surface area contributed by atoms with Crippen LogP contribution in [0.5, 0.6) is 0 Å². The van der Waals surface area contributed by atoms with Gasteiger partial charge in [-0.05, 0) is 12.8 Å². The predicted octanol–water partition coefficient (Wildman–Crippen LogP) is 1.01. The van der Waals surface area contributed by atoms with Crippen molar-refractivity contribution in [1.82, 2.24) is 33.0 Å². The summed E-state index contributed by atoms with van der Waals surface area (Å²) in [6.45, 7) is 1.98. The molecule has 18 heavy (non-hydrogen) atoms. The second-order valence-electron chi connectivity index (χ2n) is 4.89. The van der Waals surface area contributed by atoms with Gasteiger partial charge in [-0.2, -0.15) is 22.1 Å². The van der Waals surface area contributed by atoms with E-state index in [1.54, 1.807) is 0 Å². The van der Waals surface area contributed by atoms with Crippen LogP contribution in [0.4, 0.5) is 0 Å². The Bertz CT molecular complexity index is 91.6. The van der Waals surface area contributed by atoms with E-state index in [-0.39, 0.29) is 0 Å². The van der Waals surface area contributed by atoms with Gasteiger partial charge in [-0.1, -0.05) is 51.4 Å². The molecule has 108 valence electrons. The van der Waals surface area contributed by atoms with Crippen LogP contribution in [0.15, 0.2) is 0 Å². The minimum Gasteiger partial charge on any atom is -0.243 e. The number of hydrogen-bond donors (Lipinski definition) is 6. The van der Waals surface area contributed by atoms with E-state index in [2.05, 4.69) is 33.0 Å². The largest absolute Gasteiger partial charge is 0.243 e. The summed E-state index contributed by atoms with van der Waals surface area (Å²) in [4.78, 5) is 0. The van der Waals surface area contributed by atoms with Crippen LogP contribution in [0.3, 0.4) is 0 Å². The van der Waals surface area contributed by atoms with E-state index in [0.29, 0.717) is 0 Å². The van der Waals surface area contributed by atoms with Crippen LogP contribution < -0.4 is 33.0 Å². The lowest BCUT2D eigenvalue weighted by Crippen LogP contribution is -2.58. The molecule has 0 aromatic heterocycles. The number of hydrazine groups is 5. The van der Waals surface area contributed by atoms with Crippen LogP contribution in [0.25, 0.3) is 0 Å². The van der Waals surface area contributed by atoms with Crippen molar-refractivity contribution in [2.75, 3.05) is 13.1 Å². The summed E-state index contributed by atoms with van der Waals surface area (Å²) in [7, 11) is 0. The van der Waals surface area contributed by atoms with Gasteiger partial charge in [0.15, 0.2) is 0 Å². The van der Waals surface area contributed by atoms with Gasteiger partial charge in [0.25, 0.3) is 0 Å². The zero-order chi connectivity index (χ0) is 12.7. The number of nitrogens with one attached hydrogen (secondary N) is 6. The molecule has 0 spiro atoms. The van der Waals surface area contributed by atoms with Crippen molar-refractivity contribution >= 4 is 0 Å². The summed E-state index contributed by atoms with van der Waals surface area (Å²) in [5.41, 5.74) is 17.6. The van der Waals surface area contributed by atoms with Crippen molar-refractivity contribution in [2.24, 2.45) is 0 Å². The lowest BCUT2D eigenvalue weighted by molar-refractivity contribution is 0.291. The molecule has 0 radical (unpaired) electrons. The van der Waals surface area contributed by atoms with Crippen molar-refractivity contribution in [3.8, 4) is 0 Å². The van der Waals surface area contributed by atoms with E-state index in [1.165, 1.54) is 64.2 Å². The summed E-state index contributed by atoms with van der Waals surface area (Å²) in [6, 6.07) is 0. The first-order valence-electron chi connectivity index (χ1n) is 7.46. The minimum atomic E-state index is 0.988. The van der Waals surface area contributed by atoms with Crippen molar-refractivity contribution in [3.63, 3.8) is 0 Å². The number of rotatable bonds is 0. The maximum atomic E-state index is 3.10. The van der Waals surface area contributed by atoms with Crippen LogP contribution in [-0.2, 0) is 0 Å². The van der Waals surface area contributed by atoms with E-state index in [4.69, 9.17) is 0 Å². The lowest BCUT2D eigenvalue weighted by Gasteiger charge is -2.12. The molecule has 0 aromatic carbocycles. The Hall–Kier alpha value is -0.240. The Morgan fingerprint density at radius 1 is 0.333 bits per heavy atom. The second kappa shape index (κ2) is 13.2. The molecule has 6 N–H and O–H groups in total. The topological polar surface area (TPSA) is 72.2 Å². The molecule has 0 bridgehead atoms. The van der Waals surface area contributed by atoms with Gasteiger partial charge in [-0.15, -0.1) is 0 Å². The molecule has 1 heterocycles. The normalized spacial score (nSPS) is 24.0. The zero-order valence-electron chi connectivity index (χ0n) is 11.5. The Morgan fingerprint density at radius 2 is 0.667 bits per heavy atom. The van der Waals surface area contributed by atoms with Gasteiger partial charge in [0.05, 0.1) is 0 Å². The molecular weight excluding hydrogens is 228 g/mol. The highest BCUT2D eigenvalue weighted by Gasteiger charge is 1.94. The van der Waals surface area contributed by atoms with Gasteiger partial charge in [0.2, 0.25) is 0 Å². The summed E-state index contributed by atoms with van der Waals surface area (Å²) in [6.07, 6.45) is 13.5. The fourth-order valence-corrected chi connectivity index (χ4v) is 2.12. The molecule has 1 aliphatic rings. The molecule has 1 rings (SSSR count). The molecule has 6 nitrogen and oxygen atoms in total. The van der Waals surface area contributed by atoms with E-state index < -0.39 is 0 Å². The van der Waals surface area contributed by atoms with Gasteiger partial charge in [-0.25, -0.2) is 10.9 Å². The van der Waals surface area contributed by atoms with E-state index in [0.717, 1.165) is 13.1 Å². The predicted molar refractivity (Wildman–Crippen MR) is 74.7 cm³/mol. The van der Waals surface area contributed by atoms with E-state index in [1.807, 2.05) is 0 Å². The smallest absolute Gasteiger partial charge is 0.0113 e. The summed E-state index contributed by atoms with van der Waals surface area (Å²) in [5, 5.41) is 0. The van der Waals surface area contributed by atoms with Crippen LogP contribution in [0, 0.1) is 0 Å². The summed E-state index contributed by atoms with van der Waals surface area (Å²) >= 11 is 0. The van der Waals surface area contributed by atoms with Crippen LogP contribution in [-0.4, -0.2) is 13.1 Å². The Balaban J connectivity index is 2.00. The fraction of sp³-hybridized carbons (Fsp3) is 1.00. The minimum absolute atomic E-state index is 0.988. The molecule has 1 aliphatic heterocycles. The molecule has 0 aromatic rings. The van der Waals surface area contributed by atoms with E-state index >= 15 is 0 Å². The third-order valence-corrected chi connectivity index (χ3v) is 3.22. The highest BCUT2D eigenvalue weighted by Crippen LogP contribution is 2.10. The molecule has 0 unspecified atom stereocenters. The maximum absolute atomic E-state index is 3.10. The fourth-order valence-electron chi connectivity index (χ4n) is 2.12. The van der Waals surface area contributed by atoms with E-state index in [9.17, 15) is 0 Å².